The normalized spacial score (nSPS) is 17.1. The fourth-order valence-electron chi connectivity index (χ4n) is 2.91. The van der Waals surface area contributed by atoms with Crippen LogP contribution in [-0.2, 0) is 16.1 Å². The fourth-order valence-corrected chi connectivity index (χ4v) is 3.11. The van der Waals surface area contributed by atoms with Crippen molar-refractivity contribution in [3.05, 3.63) is 58.9 Å². The van der Waals surface area contributed by atoms with E-state index in [0.29, 0.717) is 18.1 Å². The second-order valence-electron chi connectivity index (χ2n) is 5.24. The molecule has 0 spiro atoms. The molecule has 0 aliphatic carbocycles. The molecule has 3 rings (SSSR count). The number of carboxylic acid groups (broad SMARTS) is 1. The summed E-state index contributed by atoms with van der Waals surface area (Å²) >= 11 is 6.07. The molecule has 114 valence electrons. The van der Waals surface area contributed by atoms with Crippen molar-refractivity contribution in [3.8, 4) is 0 Å². The summed E-state index contributed by atoms with van der Waals surface area (Å²) in [5.41, 5.74) is 1.85. The minimum Gasteiger partial charge on any atom is -0.481 e. The van der Waals surface area contributed by atoms with E-state index in [-0.39, 0.29) is 11.9 Å². The summed E-state index contributed by atoms with van der Waals surface area (Å²) in [6.45, 7) is 1.13. The number of benzene rings is 1. The second-order valence-corrected chi connectivity index (χ2v) is 5.68. The molecule has 1 amide bonds. The Morgan fingerprint density at radius 2 is 2.05 bits per heavy atom. The summed E-state index contributed by atoms with van der Waals surface area (Å²) in [7, 11) is 0. The Morgan fingerprint density at radius 1 is 1.23 bits per heavy atom. The number of nitrogens with zero attached hydrogens (tertiary/aromatic N) is 2. The van der Waals surface area contributed by atoms with Gasteiger partial charge < -0.3 is 14.6 Å². The summed E-state index contributed by atoms with van der Waals surface area (Å²) in [6.07, 6.45) is 1.46. The van der Waals surface area contributed by atoms with Gasteiger partial charge in [-0.1, -0.05) is 23.7 Å². The lowest BCUT2D eigenvalue weighted by Crippen LogP contribution is -2.43. The molecule has 22 heavy (non-hydrogen) atoms. The molecule has 1 N–H and O–H groups in total. The van der Waals surface area contributed by atoms with E-state index >= 15 is 0 Å². The van der Waals surface area contributed by atoms with Gasteiger partial charge in [-0.2, -0.15) is 0 Å². The van der Waals surface area contributed by atoms with Crippen molar-refractivity contribution in [2.24, 2.45) is 0 Å². The van der Waals surface area contributed by atoms with Crippen LogP contribution in [0, 0.1) is 0 Å². The first kappa shape index (κ1) is 14.7. The Morgan fingerprint density at radius 3 is 2.77 bits per heavy atom. The average Bonchev–Trinajstić information content (AvgIpc) is 2.93. The Balaban J connectivity index is 2.03. The number of hydrogen-bond acceptors (Lipinski definition) is 2. The van der Waals surface area contributed by atoms with Crippen molar-refractivity contribution >= 4 is 23.5 Å². The smallest absolute Gasteiger partial charge is 0.312 e. The number of carbonyl (C=O) groups is 2. The average molecular weight is 319 g/mol. The van der Waals surface area contributed by atoms with Gasteiger partial charge in [0.2, 0.25) is 5.91 Å². The van der Waals surface area contributed by atoms with E-state index in [1.165, 1.54) is 0 Å². The van der Waals surface area contributed by atoms with Crippen LogP contribution >= 0.6 is 11.6 Å². The quantitative estimate of drug-likeness (QED) is 0.885. The molecule has 2 aromatic rings. The predicted octanol–water partition coefficient (Wildman–Crippen LogP) is 2.55. The molecule has 2 heterocycles. The van der Waals surface area contributed by atoms with Crippen LogP contribution in [0.25, 0.3) is 0 Å². The topological polar surface area (TPSA) is 62.5 Å². The van der Waals surface area contributed by atoms with Gasteiger partial charge >= 0.3 is 5.97 Å². The first-order chi connectivity index (χ1) is 10.6. The molecule has 6 heteroatoms. The number of amides is 1. The van der Waals surface area contributed by atoms with Crippen LogP contribution in [0.1, 0.15) is 23.7 Å². The number of fused-ring (bicyclic) bond motifs is 1. The summed E-state index contributed by atoms with van der Waals surface area (Å²) in [6, 6.07) is 10.9. The van der Waals surface area contributed by atoms with Crippen molar-refractivity contribution in [2.75, 3.05) is 6.54 Å². The van der Waals surface area contributed by atoms with Crippen LogP contribution in [0.15, 0.2) is 42.6 Å². The van der Waals surface area contributed by atoms with Crippen molar-refractivity contribution < 1.29 is 14.7 Å². The number of hydrogen-bond donors (Lipinski definition) is 1. The molecule has 0 saturated carbocycles. The lowest BCUT2D eigenvalue weighted by molar-refractivity contribution is -0.145. The largest absolute Gasteiger partial charge is 0.481 e. The highest BCUT2D eigenvalue weighted by atomic mass is 35.5. The van der Waals surface area contributed by atoms with E-state index < -0.39 is 12.4 Å². The zero-order valence-electron chi connectivity index (χ0n) is 11.8. The monoisotopic (exact) mass is 318 g/mol. The van der Waals surface area contributed by atoms with Gasteiger partial charge in [-0.05, 0) is 29.8 Å². The van der Waals surface area contributed by atoms with Crippen LogP contribution in [0.5, 0.6) is 0 Å². The summed E-state index contributed by atoms with van der Waals surface area (Å²) < 4.78 is 2.08. The van der Waals surface area contributed by atoms with Crippen LogP contribution in [0.2, 0.25) is 5.02 Å². The van der Waals surface area contributed by atoms with E-state index in [0.717, 1.165) is 11.3 Å². The third-order valence-corrected chi connectivity index (χ3v) is 4.06. The van der Waals surface area contributed by atoms with Crippen LogP contribution < -0.4 is 0 Å². The van der Waals surface area contributed by atoms with E-state index in [1.54, 1.807) is 11.0 Å². The van der Waals surface area contributed by atoms with Gasteiger partial charge in [0.05, 0.1) is 6.04 Å². The van der Waals surface area contributed by atoms with Crippen LogP contribution in [0.4, 0.5) is 0 Å². The van der Waals surface area contributed by atoms with E-state index in [1.807, 2.05) is 36.5 Å². The van der Waals surface area contributed by atoms with Gasteiger partial charge in [-0.15, -0.1) is 0 Å². The van der Waals surface area contributed by atoms with Crippen LogP contribution in [0.3, 0.4) is 0 Å². The maximum atomic E-state index is 12.3. The molecule has 5 nitrogen and oxygen atoms in total. The number of rotatable bonds is 3. The van der Waals surface area contributed by atoms with Crippen molar-refractivity contribution in [1.29, 1.82) is 0 Å². The zero-order chi connectivity index (χ0) is 15.7. The number of halogens is 1. The molecule has 0 saturated heterocycles. The number of aliphatic carboxylic acids is 1. The van der Waals surface area contributed by atoms with Gasteiger partial charge in [0.15, 0.2) is 0 Å². The first-order valence-corrected chi connectivity index (χ1v) is 7.36. The van der Waals surface area contributed by atoms with Gasteiger partial charge in [0, 0.05) is 30.0 Å². The molecule has 0 unspecified atom stereocenters. The van der Waals surface area contributed by atoms with Gasteiger partial charge in [0.25, 0.3) is 0 Å². The van der Waals surface area contributed by atoms with Crippen molar-refractivity contribution in [3.63, 3.8) is 0 Å². The number of aromatic nitrogens is 1. The molecular formula is C16H15ClN2O3. The molecule has 0 radical (unpaired) electrons. The Labute approximate surface area is 132 Å². The van der Waals surface area contributed by atoms with Gasteiger partial charge in [-0.3, -0.25) is 9.59 Å². The Hall–Kier alpha value is -2.27. The third kappa shape index (κ3) is 2.72. The summed E-state index contributed by atoms with van der Waals surface area (Å²) in [5, 5.41) is 9.49. The van der Waals surface area contributed by atoms with Crippen LogP contribution in [-0.4, -0.2) is 33.0 Å². The van der Waals surface area contributed by atoms with E-state index in [4.69, 9.17) is 16.7 Å². The van der Waals surface area contributed by atoms with Gasteiger partial charge in [0.1, 0.15) is 6.42 Å². The molecule has 1 aromatic carbocycles. The maximum absolute atomic E-state index is 12.3. The highest BCUT2D eigenvalue weighted by Gasteiger charge is 2.32. The molecule has 1 atom stereocenters. The van der Waals surface area contributed by atoms with Crippen molar-refractivity contribution in [2.45, 2.75) is 19.0 Å². The lowest BCUT2D eigenvalue weighted by Gasteiger charge is -2.37. The van der Waals surface area contributed by atoms with E-state index in [9.17, 15) is 9.59 Å². The van der Waals surface area contributed by atoms with E-state index in [2.05, 4.69) is 4.57 Å². The standard InChI is InChI=1S/C16H15ClN2O3/c17-12-4-1-3-11(9-12)16-13-5-2-6-18(13)7-8-19(16)14(20)10-15(21)22/h1-6,9,16H,7-8,10H2,(H,21,22)/t16-/m0/s1. The lowest BCUT2D eigenvalue weighted by atomic mass is 9.99. The highest BCUT2D eigenvalue weighted by Crippen LogP contribution is 2.33. The maximum Gasteiger partial charge on any atom is 0.312 e. The third-order valence-electron chi connectivity index (χ3n) is 3.83. The molecule has 0 bridgehead atoms. The molecule has 1 aromatic heterocycles. The first-order valence-electron chi connectivity index (χ1n) is 6.98. The number of carbonyl (C=O) groups excluding carboxylic acids is 1. The molecular weight excluding hydrogens is 304 g/mol. The summed E-state index contributed by atoms with van der Waals surface area (Å²) in [5.74, 6) is -1.50. The molecule has 1 aliphatic rings. The SMILES string of the molecule is O=C(O)CC(=O)N1CCn2cccc2[C@@H]1c1cccc(Cl)c1. The summed E-state index contributed by atoms with van der Waals surface area (Å²) in [4.78, 5) is 24.8. The highest BCUT2D eigenvalue weighted by molar-refractivity contribution is 6.30. The Kier molecular flexibility index (Phi) is 3.90. The minimum atomic E-state index is -1.11. The molecule has 1 aliphatic heterocycles. The Bertz CT molecular complexity index is 726. The predicted molar refractivity (Wildman–Crippen MR) is 81.7 cm³/mol. The second kappa shape index (κ2) is 5.85. The minimum absolute atomic E-state index is 0.311. The number of carboxylic acids is 1. The fraction of sp³-hybridized carbons (Fsp3) is 0.250. The van der Waals surface area contributed by atoms with Crippen molar-refractivity contribution in [1.82, 2.24) is 9.47 Å². The zero-order valence-corrected chi connectivity index (χ0v) is 12.5. The molecule has 0 fully saturated rings. The van der Waals surface area contributed by atoms with Gasteiger partial charge in [-0.25, -0.2) is 0 Å².